The highest BCUT2D eigenvalue weighted by molar-refractivity contribution is 5.80. The fraction of sp³-hybridized carbons (Fsp3) is 0.818. The Labute approximate surface area is 95.6 Å². The van der Waals surface area contributed by atoms with E-state index >= 15 is 0 Å². The van der Waals surface area contributed by atoms with Crippen LogP contribution in [0.4, 0.5) is 0 Å². The second-order valence-electron chi connectivity index (χ2n) is 4.38. The first-order valence-electron chi connectivity index (χ1n) is 5.74. The Morgan fingerprint density at radius 2 is 2.12 bits per heavy atom. The summed E-state index contributed by atoms with van der Waals surface area (Å²) < 4.78 is 0. The Balaban J connectivity index is 2.37. The summed E-state index contributed by atoms with van der Waals surface area (Å²) in [5.74, 6) is -0.865. The predicted octanol–water partition coefficient (Wildman–Crippen LogP) is 0.211. The molecular weight excluding hydrogens is 208 g/mol. The van der Waals surface area contributed by atoms with Gasteiger partial charge in [-0.25, -0.2) is 0 Å². The molecular formula is C11H20N2O3. The summed E-state index contributed by atoms with van der Waals surface area (Å²) in [5, 5.41) is 14.6. The highest BCUT2D eigenvalue weighted by Gasteiger charge is 2.32. The van der Waals surface area contributed by atoms with Gasteiger partial charge in [-0.1, -0.05) is 6.42 Å². The summed E-state index contributed by atoms with van der Waals surface area (Å²) in [6, 6.07) is -0.264. The number of carbonyl (C=O) groups is 2. The van der Waals surface area contributed by atoms with Crippen LogP contribution in [0, 0.1) is 11.8 Å². The third kappa shape index (κ3) is 3.20. The molecule has 5 nitrogen and oxygen atoms in total. The van der Waals surface area contributed by atoms with Gasteiger partial charge in [0, 0.05) is 7.05 Å². The third-order valence-electron chi connectivity index (χ3n) is 3.30. The van der Waals surface area contributed by atoms with Crippen LogP contribution in [0.1, 0.15) is 26.2 Å². The molecule has 92 valence electrons. The molecule has 1 amide bonds. The first-order chi connectivity index (χ1) is 7.56. The summed E-state index contributed by atoms with van der Waals surface area (Å²) in [7, 11) is 1.59. The van der Waals surface area contributed by atoms with Crippen LogP contribution in [-0.4, -0.2) is 36.6 Å². The minimum Gasteiger partial charge on any atom is -0.481 e. The van der Waals surface area contributed by atoms with Crippen molar-refractivity contribution in [3.8, 4) is 0 Å². The van der Waals surface area contributed by atoms with E-state index < -0.39 is 5.97 Å². The van der Waals surface area contributed by atoms with Gasteiger partial charge in [-0.05, 0) is 32.2 Å². The molecule has 0 bridgehead atoms. The zero-order valence-electron chi connectivity index (χ0n) is 9.82. The van der Waals surface area contributed by atoms with Crippen molar-refractivity contribution in [2.45, 2.75) is 32.2 Å². The lowest BCUT2D eigenvalue weighted by Crippen LogP contribution is -2.43. The van der Waals surface area contributed by atoms with Crippen molar-refractivity contribution in [2.24, 2.45) is 11.8 Å². The van der Waals surface area contributed by atoms with E-state index in [0.717, 1.165) is 19.3 Å². The van der Waals surface area contributed by atoms with Crippen molar-refractivity contribution in [1.29, 1.82) is 0 Å². The van der Waals surface area contributed by atoms with E-state index in [9.17, 15) is 9.59 Å². The van der Waals surface area contributed by atoms with E-state index in [1.165, 1.54) is 0 Å². The Kier molecular flexibility index (Phi) is 4.73. The van der Waals surface area contributed by atoms with Crippen molar-refractivity contribution in [1.82, 2.24) is 10.6 Å². The molecule has 3 N–H and O–H groups in total. The molecule has 0 radical (unpaired) electrons. The van der Waals surface area contributed by atoms with Crippen LogP contribution in [0.2, 0.25) is 0 Å². The van der Waals surface area contributed by atoms with Crippen LogP contribution in [0.15, 0.2) is 0 Å². The first kappa shape index (κ1) is 13.0. The molecule has 3 atom stereocenters. The number of likely N-dealkylation sites (N-methyl/N-ethyl adjacent to an activating group) is 1. The molecule has 1 aliphatic rings. The van der Waals surface area contributed by atoms with E-state index in [1.807, 2.05) is 0 Å². The number of nitrogens with one attached hydrogen (secondary N) is 2. The van der Waals surface area contributed by atoms with Crippen LogP contribution in [0.25, 0.3) is 0 Å². The van der Waals surface area contributed by atoms with Gasteiger partial charge in [0.15, 0.2) is 0 Å². The molecule has 0 saturated heterocycles. The van der Waals surface area contributed by atoms with Gasteiger partial charge in [-0.15, -0.1) is 0 Å². The highest BCUT2D eigenvalue weighted by Crippen LogP contribution is 2.31. The van der Waals surface area contributed by atoms with Gasteiger partial charge in [0.1, 0.15) is 0 Å². The van der Waals surface area contributed by atoms with Crippen molar-refractivity contribution >= 4 is 11.9 Å². The van der Waals surface area contributed by atoms with Gasteiger partial charge in [0.05, 0.1) is 12.0 Å². The van der Waals surface area contributed by atoms with E-state index in [4.69, 9.17) is 5.11 Å². The number of carboxylic acid groups (broad SMARTS) is 1. The molecule has 1 aliphatic carbocycles. The summed E-state index contributed by atoms with van der Waals surface area (Å²) in [5.41, 5.74) is 0. The minimum atomic E-state index is -0.711. The fourth-order valence-corrected chi connectivity index (χ4v) is 2.24. The lowest BCUT2D eigenvalue weighted by molar-refractivity contribution is -0.142. The van der Waals surface area contributed by atoms with E-state index in [-0.39, 0.29) is 23.8 Å². The topological polar surface area (TPSA) is 78.4 Å². The van der Waals surface area contributed by atoms with Crippen LogP contribution >= 0.6 is 0 Å². The average molecular weight is 228 g/mol. The number of rotatable bonds is 5. The van der Waals surface area contributed by atoms with Gasteiger partial charge >= 0.3 is 5.97 Å². The zero-order chi connectivity index (χ0) is 12.1. The standard InChI is InChI=1S/C11H20N2O3/c1-7(10(14)12-2)13-6-8-4-3-5-9(8)11(15)16/h7-9,13H,3-6H2,1-2H3,(H,12,14)(H,15,16). The lowest BCUT2D eigenvalue weighted by atomic mass is 9.96. The van der Waals surface area contributed by atoms with Crippen LogP contribution in [0.5, 0.6) is 0 Å². The fourth-order valence-electron chi connectivity index (χ4n) is 2.24. The molecule has 1 fully saturated rings. The van der Waals surface area contributed by atoms with Gasteiger partial charge < -0.3 is 15.7 Å². The Morgan fingerprint density at radius 3 is 2.69 bits per heavy atom. The van der Waals surface area contributed by atoms with Crippen molar-refractivity contribution < 1.29 is 14.7 Å². The summed E-state index contributed by atoms with van der Waals surface area (Å²) in [6.07, 6.45) is 2.66. The van der Waals surface area contributed by atoms with Crippen LogP contribution < -0.4 is 10.6 Å². The number of carbonyl (C=O) groups excluding carboxylic acids is 1. The molecule has 3 unspecified atom stereocenters. The van der Waals surface area contributed by atoms with Crippen LogP contribution in [-0.2, 0) is 9.59 Å². The Morgan fingerprint density at radius 1 is 1.44 bits per heavy atom. The smallest absolute Gasteiger partial charge is 0.306 e. The van der Waals surface area contributed by atoms with Gasteiger partial charge in [0.2, 0.25) is 5.91 Å². The Hall–Kier alpha value is -1.10. The number of hydrogen-bond acceptors (Lipinski definition) is 3. The first-order valence-corrected chi connectivity index (χ1v) is 5.74. The van der Waals surface area contributed by atoms with E-state index in [2.05, 4.69) is 10.6 Å². The normalized spacial score (nSPS) is 26.4. The SMILES string of the molecule is CNC(=O)C(C)NCC1CCCC1C(=O)O. The van der Waals surface area contributed by atoms with E-state index in [1.54, 1.807) is 14.0 Å². The zero-order valence-corrected chi connectivity index (χ0v) is 9.82. The number of aliphatic carboxylic acids is 1. The van der Waals surface area contributed by atoms with Gasteiger partial charge in [-0.3, -0.25) is 9.59 Å². The van der Waals surface area contributed by atoms with E-state index in [0.29, 0.717) is 6.54 Å². The molecule has 5 heteroatoms. The highest BCUT2D eigenvalue weighted by atomic mass is 16.4. The third-order valence-corrected chi connectivity index (χ3v) is 3.30. The molecule has 0 aromatic heterocycles. The summed E-state index contributed by atoms with van der Waals surface area (Å²) in [6.45, 7) is 2.38. The molecule has 1 rings (SSSR count). The van der Waals surface area contributed by atoms with Crippen LogP contribution in [0.3, 0.4) is 0 Å². The molecule has 16 heavy (non-hydrogen) atoms. The lowest BCUT2D eigenvalue weighted by Gasteiger charge is -2.19. The monoisotopic (exact) mass is 228 g/mol. The molecule has 0 heterocycles. The molecule has 0 aromatic carbocycles. The maximum Gasteiger partial charge on any atom is 0.306 e. The summed E-state index contributed by atoms with van der Waals surface area (Å²) >= 11 is 0. The molecule has 0 aromatic rings. The summed E-state index contributed by atoms with van der Waals surface area (Å²) in [4.78, 5) is 22.2. The largest absolute Gasteiger partial charge is 0.481 e. The van der Waals surface area contributed by atoms with Crippen molar-refractivity contribution in [3.63, 3.8) is 0 Å². The quantitative estimate of drug-likeness (QED) is 0.628. The second kappa shape index (κ2) is 5.84. The molecule has 0 spiro atoms. The molecule has 1 saturated carbocycles. The van der Waals surface area contributed by atoms with Gasteiger partial charge in [-0.2, -0.15) is 0 Å². The molecule has 0 aliphatic heterocycles. The maximum absolute atomic E-state index is 11.2. The van der Waals surface area contributed by atoms with Gasteiger partial charge in [0.25, 0.3) is 0 Å². The Bertz CT molecular complexity index is 268. The number of carboxylic acids is 1. The number of hydrogen-bond donors (Lipinski definition) is 3. The number of amides is 1. The second-order valence-corrected chi connectivity index (χ2v) is 4.38. The van der Waals surface area contributed by atoms with Crippen molar-refractivity contribution in [2.75, 3.05) is 13.6 Å². The average Bonchev–Trinajstić information content (AvgIpc) is 2.72. The minimum absolute atomic E-state index is 0.0649. The maximum atomic E-state index is 11.2. The van der Waals surface area contributed by atoms with Crippen molar-refractivity contribution in [3.05, 3.63) is 0 Å². The predicted molar refractivity (Wildman–Crippen MR) is 60.0 cm³/mol.